The molecule has 1 saturated heterocycles. The maximum absolute atomic E-state index is 12.1. The van der Waals surface area contributed by atoms with Crippen molar-refractivity contribution in [3.05, 3.63) is 0 Å². The normalized spacial score (nSPS) is 23.8. The Hall–Kier alpha value is -1.54. The summed E-state index contributed by atoms with van der Waals surface area (Å²) in [6, 6.07) is 0. The fourth-order valence-corrected chi connectivity index (χ4v) is 1.85. The van der Waals surface area contributed by atoms with E-state index < -0.39 is 11.4 Å². The van der Waals surface area contributed by atoms with Crippen molar-refractivity contribution in [2.24, 2.45) is 5.41 Å². The van der Waals surface area contributed by atoms with Gasteiger partial charge in [0.25, 0.3) is 0 Å². The van der Waals surface area contributed by atoms with Gasteiger partial charge in [-0.15, -0.1) is 6.42 Å². The van der Waals surface area contributed by atoms with Crippen LogP contribution in [0, 0.1) is 17.8 Å². The lowest BCUT2D eigenvalue weighted by Crippen LogP contribution is -2.45. The van der Waals surface area contributed by atoms with Crippen molar-refractivity contribution < 1.29 is 14.7 Å². The van der Waals surface area contributed by atoms with Crippen molar-refractivity contribution in [2.75, 3.05) is 26.2 Å². The van der Waals surface area contributed by atoms with Gasteiger partial charge >= 0.3 is 5.97 Å². The zero-order chi connectivity index (χ0) is 12.2. The highest BCUT2D eigenvalue weighted by molar-refractivity contribution is 5.86. The van der Waals surface area contributed by atoms with E-state index in [0.29, 0.717) is 13.0 Å². The summed E-state index contributed by atoms with van der Waals surface area (Å²) in [6.45, 7) is 2.89. The van der Waals surface area contributed by atoms with Gasteiger partial charge in [-0.1, -0.05) is 5.92 Å². The Morgan fingerprint density at radius 3 is 2.75 bits per heavy atom. The van der Waals surface area contributed by atoms with Crippen LogP contribution in [0.4, 0.5) is 0 Å². The maximum Gasteiger partial charge on any atom is 0.323 e. The first-order valence-electron chi connectivity index (χ1n) is 5.15. The third-order valence-corrected chi connectivity index (χ3v) is 2.78. The van der Waals surface area contributed by atoms with Crippen LogP contribution in [0.3, 0.4) is 0 Å². The van der Waals surface area contributed by atoms with Crippen molar-refractivity contribution in [1.29, 1.82) is 0 Å². The fraction of sp³-hybridized carbons (Fsp3) is 0.636. The molecule has 0 bridgehead atoms. The average Bonchev–Trinajstić information content (AvgIpc) is 2.64. The Kier molecular flexibility index (Phi) is 3.91. The molecule has 1 rings (SSSR count). The van der Waals surface area contributed by atoms with Crippen LogP contribution < -0.4 is 5.32 Å². The lowest BCUT2D eigenvalue weighted by atomic mass is 9.88. The third kappa shape index (κ3) is 2.74. The summed E-state index contributed by atoms with van der Waals surface area (Å²) in [5.41, 5.74) is -0.522. The number of carboxylic acid groups (broad SMARTS) is 1. The second-order valence-corrected chi connectivity index (χ2v) is 4.25. The zero-order valence-corrected chi connectivity index (χ0v) is 9.32. The van der Waals surface area contributed by atoms with Crippen molar-refractivity contribution in [1.82, 2.24) is 10.2 Å². The topological polar surface area (TPSA) is 69.6 Å². The van der Waals surface area contributed by atoms with Gasteiger partial charge in [-0.25, -0.2) is 0 Å². The molecule has 1 aliphatic heterocycles. The number of hydrogen-bond acceptors (Lipinski definition) is 3. The van der Waals surface area contributed by atoms with E-state index in [9.17, 15) is 9.59 Å². The molecule has 1 atom stereocenters. The van der Waals surface area contributed by atoms with Crippen molar-refractivity contribution in [2.45, 2.75) is 13.3 Å². The monoisotopic (exact) mass is 224 g/mol. The highest BCUT2D eigenvalue weighted by atomic mass is 16.4. The molecule has 0 radical (unpaired) electrons. The molecule has 0 aromatic heterocycles. The smallest absolute Gasteiger partial charge is 0.323 e. The van der Waals surface area contributed by atoms with Gasteiger partial charge < -0.3 is 15.3 Å². The third-order valence-electron chi connectivity index (χ3n) is 2.78. The summed E-state index contributed by atoms with van der Waals surface area (Å²) in [6.07, 6.45) is 5.85. The van der Waals surface area contributed by atoms with Crippen LogP contribution in [0.1, 0.15) is 13.3 Å². The molecule has 16 heavy (non-hydrogen) atoms. The van der Waals surface area contributed by atoms with E-state index in [0.717, 1.165) is 6.54 Å². The Bertz CT molecular complexity index is 327. The molecular formula is C11H16N2O3. The highest BCUT2D eigenvalue weighted by Crippen LogP contribution is 2.26. The van der Waals surface area contributed by atoms with Crippen molar-refractivity contribution >= 4 is 11.9 Å². The minimum atomic E-state index is -1.04. The molecule has 88 valence electrons. The molecular weight excluding hydrogens is 208 g/mol. The molecule has 0 spiro atoms. The van der Waals surface area contributed by atoms with E-state index in [2.05, 4.69) is 11.2 Å². The lowest BCUT2D eigenvalue weighted by Gasteiger charge is -2.28. The minimum absolute atomic E-state index is 0.0424. The van der Waals surface area contributed by atoms with E-state index in [4.69, 9.17) is 11.5 Å². The summed E-state index contributed by atoms with van der Waals surface area (Å²) < 4.78 is 0. The Balaban J connectivity index is 2.74. The molecule has 1 unspecified atom stereocenters. The molecule has 1 amide bonds. The number of nitrogens with one attached hydrogen (secondary N) is 1. The maximum atomic E-state index is 12.1. The molecule has 0 saturated carbocycles. The Labute approximate surface area is 94.8 Å². The van der Waals surface area contributed by atoms with Crippen LogP contribution in [0.2, 0.25) is 0 Å². The largest absolute Gasteiger partial charge is 0.480 e. The molecule has 1 heterocycles. The average molecular weight is 224 g/mol. The van der Waals surface area contributed by atoms with Crippen LogP contribution >= 0.6 is 0 Å². The molecule has 2 N–H and O–H groups in total. The predicted octanol–water partition coefficient (Wildman–Crippen LogP) is -0.468. The predicted molar refractivity (Wildman–Crippen MR) is 58.6 cm³/mol. The summed E-state index contributed by atoms with van der Waals surface area (Å²) in [4.78, 5) is 24.0. The van der Waals surface area contributed by atoms with Gasteiger partial charge in [0.2, 0.25) is 5.91 Å². The molecule has 0 aliphatic carbocycles. The summed E-state index contributed by atoms with van der Waals surface area (Å²) in [7, 11) is 0. The molecule has 1 fully saturated rings. The van der Waals surface area contributed by atoms with Gasteiger partial charge in [-0.05, 0) is 19.9 Å². The van der Waals surface area contributed by atoms with E-state index in [-0.39, 0.29) is 19.0 Å². The van der Waals surface area contributed by atoms with Gasteiger partial charge in [-0.3, -0.25) is 9.59 Å². The molecule has 5 heteroatoms. The molecule has 0 aromatic carbocycles. The number of hydrogen-bond donors (Lipinski definition) is 2. The number of terminal acetylenes is 1. The number of carbonyl (C=O) groups excluding carboxylic acids is 1. The lowest BCUT2D eigenvalue weighted by molar-refractivity contribution is -0.148. The van der Waals surface area contributed by atoms with E-state index in [1.165, 1.54) is 4.90 Å². The highest BCUT2D eigenvalue weighted by Gasteiger charge is 2.39. The van der Waals surface area contributed by atoms with Crippen LogP contribution in [0.15, 0.2) is 0 Å². The van der Waals surface area contributed by atoms with Gasteiger partial charge in [0.15, 0.2) is 0 Å². The van der Waals surface area contributed by atoms with E-state index in [1.54, 1.807) is 0 Å². The number of nitrogens with zero attached hydrogens (tertiary/aromatic N) is 1. The zero-order valence-electron chi connectivity index (χ0n) is 9.32. The number of aliphatic carboxylic acids is 1. The SMILES string of the molecule is C#CCN(CC(=O)O)C(=O)C1(C)CCNC1. The van der Waals surface area contributed by atoms with E-state index in [1.807, 2.05) is 6.92 Å². The number of rotatable bonds is 4. The van der Waals surface area contributed by atoms with Crippen molar-refractivity contribution in [3.63, 3.8) is 0 Å². The van der Waals surface area contributed by atoms with Gasteiger partial charge in [0.05, 0.1) is 12.0 Å². The van der Waals surface area contributed by atoms with Gasteiger partial charge in [0.1, 0.15) is 6.54 Å². The molecule has 1 aliphatic rings. The van der Waals surface area contributed by atoms with Crippen molar-refractivity contribution in [3.8, 4) is 12.3 Å². The summed E-state index contributed by atoms with van der Waals surface area (Å²) >= 11 is 0. The second kappa shape index (κ2) is 4.99. The van der Waals surface area contributed by atoms with Crippen LogP contribution in [-0.4, -0.2) is 48.1 Å². The summed E-state index contributed by atoms with van der Waals surface area (Å²) in [5.74, 6) is 1.09. The Morgan fingerprint density at radius 2 is 2.31 bits per heavy atom. The van der Waals surface area contributed by atoms with Crippen LogP contribution in [-0.2, 0) is 9.59 Å². The summed E-state index contributed by atoms with van der Waals surface area (Å²) in [5, 5.41) is 11.8. The minimum Gasteiger partial charge on any atom is -0.480 e. The van der Waals surface area contributed by atoms with Gasteiger partial charge in [-0.2, -0.15) is 0 Å². The molecule has 0 aromatic rings. The van der Waals surface area contributed by atoms with Gasteiger partial charge in [0, 0.05) is 6.54 Å². The van der Waals surface area contributed by atoms with E-state index >= 15 is 0 Å². The first-order valence-corrected chi connectivity index (χ1v) is 5.15. The quantitative estimate of drug-likeness (QED) is 0.634. The first-order chi connectivity index (χ1) is 7.49. The standard InChI is InChI=1S/C11H16N2O3/c1-3-6-13(7-9(14)15)10(16)11(2)4-5-12-8-11/h1,12H,4-8H2,2H3,(H,14,15). The number of carboxylic acids is 1. The second-order valence-electron chi connectivity index (χ2n) is 4.25. The van der Waals surface area contributed by atoms with Crippen LogP contribution in [0.5, 0.6) is 0 Å². The fourth-order valence-electron chi connectivity index (χ4n) is 1.85. The first kappa shape index (κ1) is 12.5. The number of amides is 1. The molecule has 5 nitrogen and oxygen atoms in total. The Morgan fingerprint density at radius 1 is 1.62 bits per heavy atom. The van der Waals surface area contributed by atoms with Crippen LogP contribution in [0.25, 0.3) is 0 Å². The number of carbonyl (C=O) groups is 2.